The summed E-state index contributed by atoms with van der Waals surface area (Å²) >= 11 is 1.72. The fourth-order valence-corrected chi connectivity index (χ4v) is 3.77. The topological polar surface area (TPSA) is 32.3 Å². The van der Waals surface area contributed by atoms with Crippen molar-refractivity contribution >= 4 is 17.7 Å². The monoisotopic (exact) mass is 306 g/mol. The molecule has 1 heterocycles. The number of aryl methyl sites for hydroxylation is 1. The number of hydrogen-bond acceptors (Lipinski definition) is 3. The number of carbonyl (C=O) groups is 1. The second kappa shape index (κ2) is 8.44. The molecule has 1 unspecified atom stereocenters. The fourth-order valence-electron chi connectivity index (χ4n) is 2.90. The van der Waals surface area contributed by atoms with Crippen LogP contribution in [0.25, 0.3) is 0 Å². The SMILES string of the molecule is CNCC1CCCN(C(=O)CSCc2cccc(C)c2)C1. The first kappa shape index (κ1) is 16.4. The molecule has 0 bridgehead atoms. The fraction of sp³-hybridized carbons (Fsp3) is 0.588. The second-order valence-electron chi connectivity index (χ2n) is 5.89. The van der Waals surface area contributed by atoms with E-state index < -0.39 is 0 Å². The molecule has 0 radical (unpaired) electrons. The van der Waals surface area contributed by atoms with Crippen molar-refractivity contribution in [1.29, 1.82) is 0 Å². The van der Waals surface area contributed by atoms with E-state index in [1.54, 1.807) is 11.8 Å². The molecular weight excluding hydrogens is 280 g/mol. The predicted octanol–water partition coefficient (Wildman–Crippen LogP) is 2.69. The van der Waals surface area contributed by atoms with Crippen molar-refractivity contribution in [3.63, 3.8) is 0 Å². The molecular formula is C17H26N2OS. The Morgan fingerprint density at radius 1 is 1.48 bits per heavy atom. The molecule has 21 heavy (non-hydrogen) atoms. The van der Waals surface area contributed by atoms with Gasteiger partial charge in [-0.2, -0.15) is 0 Å². The maximum Gasteiger partial charge on any atom is 0.232 e. The number of nitrogens with one attached hydrogen (secondary N) is 1. The van der Waals surface area contributed by atoms with Gasteiger partial charge in [-0.05, 0) is 44.8 Å². The molecule has 1 aromatic rings. The average molecular weight is 306 g/mol. The average Bonchev–Trinajstić information content (AvgIpc) is 2.48. The molecule has 1 amide bonds. The summed E-state index contributed by atoms with van der Waals surface area (Å²) in [5.74, 6) is 2.43. The summed E-state index contributed by atoms with van der Waals surface area (Å²) < 4.78 is 0. The number of hydrogen-bond donors (Lipinski definition) is 1. The van der Waals surface area contributed by atoms with Crippen LogP contribution in [0.2, 0.25) is 0 Å². The van der Waals surface area contributed by atoms with Gasteiger partial charge >= 0.3 is 0 Å². The van der Waals surface area contributed by atoms with Crippen molar-refractivity contribution in [2.24, 2.45) is 5.92 Å². The van der Waals surface area contributed by atoms with Crippen molar-refractivity contribution in [2.45, 2.75) is 25.5 Å². The standard InChI is InChI=1S/C17H26N2OS/c1-14-5-3-6-15(9-14)12-21-13-17(20)19-8-4-7-16(11-19)10-18-2/h3,5-6,9,16,18H,4,7-8,10-13H2,1-2H3. The lowest BCUT2D eigenvalue weighted by atomic mass is 9.98. The Balaban J connectivity index is 1.74. The van der Waals surface area contributed by atoms with Gasteiger partial charge in [0.2, 0.25) is 5.91 Å². The number of likely N-dealkylation sites (tertiary alicyclic amines) is 1. The van der Waals surface area contributed by atoms with Gasteiger partial charge < -0.3 is 10.2 Å². The Kier molecular flexibility index (Phi) is 6.58. The first-order valence-corrected chi connectivity index (χ1v) is 8.90. The maximum atomic E-state index is 12.3. The molecule has 1 N–H and O–H groups in total. The molecule has 116 valence electrons. The zero-order valence-corrected chi connectivity index (χ0v) is 13.9. The van der Waals surface area contributed by atoms with Crippen LogP contribution in [-0.2, 0) is 10.5 Å². The first-order chi connectivity index (χ1) is 10.2. The highest BCUT2D eigenvalue weighted by atomic mass is 32.2. The summed E-state index contributed by atoms with van der Waals surface area (Å²) in [6, 6.07) is 8.52. The van der Waals surface area contributed by atoms with Crippen LogP contribution in [0.4, 0.5) is 0 Å². The number of amides is 1. The van der Waals surface area contributed by atoms with Crippen molar-refractivity contribution in [1.82, 2.24) is 10.2 Å². The normalized spacial score (nSPS) is 18.8. The van der Waals surface area contributed by atoms with Crippen molar-refractivity contribution in [2.75, 3.05) is 32.4 Å². The highest BCUT2D eigenvalue weighted by Gasteiger charge is 2.22. The van der Waals surface area contributed by atoms with E-state index >= 15 is 0 Å². The summed E-state index contributed by atoms with van der Waals surface area (Å²) in [6.07, 6.45) is 2.38. The Bertz CT molecular complexity index is 462. The lowest BCUT2D eigenvalue weighted by Gasteiger charge is -2.32. The third-order valence-electron chi connectivity index (χ3n) is 3.94. The highest BCUT2D eigenvalue weighted by Crippen LogP contribution is 2.18. The number of carbonyl (C=O) groups excluding carboxylic acids is 1. The van der Waals surface area contributed by atoms with Crippen LogP contribution in [-0.4, -0.2) is 43.2 Å². The number of benzene rings is 1. The molecule has 4 heteroatoms. The van der Waals surface area contributed by atoms with Gasteiger partial charge in [-0.25, -0.2) is 0 Å². The van der Waals surface area contributed by atoms with Crippen LogP contribution in [0.5, 0.6) is 0 Å². The summed E-state index contributed by atoms with van der Waals surface area (Å²) in [4.78, 5) is 14.3. The summed E-state index contributed by atoms with van der Waals surface area (Å²) in [6.45, 7) is 4.98. The van der Waals surface area contributed by atoms with Gasteiger partial charge in [0.25, 0.3) is 0 Å². The number of thioether (sulfide) groups is 1. The molecule has 0 saturated carbocycles. The molecule has 1 atom stereocenters. The van der Waals surface area contributed by atoms with Crippen LogP contribution in [0.3, 0.4) is 0 Å². The van der Waals surface area contributed by atoms with E-state index in [9.17, 15) is 4.79 Å². The minimum Gasteiger partial charge on any atom is -0.342 e. The van der Waals surface area contributed by atoms with E-state index in [0.717, 1.165) is 31.8 Å². The molecule has 0 aliphatic carbocycles. The van der Waals surface area contributed by atoms with Crippen LogP contribution >= 0.6 is 11.8 Å². The van der Waals surface area contributed by atoms with Gasteiger partial charge in [0.05, 0.1) is 5.75 Å². The minimum absolute atomic E-state index is 0.299. The van der Waals surface area contributed by atoms with Crippen molar-refractivity contribution in [3.05, 3.63) is 35.4 Å². The van der Waals surface area contributed by atoms with Crippen molar-refractivity contribution < 1.29 is 4.79 Å². The second-order valence-corrected chi connectivity index (χ2v) is 6.87. The summed E-state index contributed by atoms with van der Waals surface area (Å²) in [7, 11) is 1.98. The number of nitrogens with zero attached hydrogens (tertiary/aromatic N) is 1. The van der Waals surface area contributed by atoms with Crippen LogP contribution in [0.1, 0.15) is 24.0 Å². The maximum absolute atomic E-state index is 12.3. The molecule has 1 aliphatic rings. The zero-order valence-electron chi connectivity index (χ0n) is 13.1. The third kappa shape index (κ3) is 5.36. The van der Waals surface area contributed by atoms with Gasteiger partial charge in [0.15, 0.2) is 0 Å². The molecule has 1 fully saturated rings. The smallest absolute Gasteiger partial charge is 0.232 e. The Morgan fingerprint density at radius 2 is 2.33 bits per heavy atom. The quantitative estimate of drug-likeness (QED) is 0.877. The molecule has 0 aromatic heterocycles. The number of rotatable bonds is 6. The number of piperidine rings is 1. The molecule has 2 rings (SSSR count). The Morgan fingerprint density at radius 3 is 3.10 bits per heavy atom. The van der Waals surface area contributed by atoms with Gasteiger partial charge in [-0.15, -0.1) is 11.8 Å². The van der Waals surface area contributed by atoms with E-state index in [1.807, 2.05) is 7.05 Å². The summed E-state index contributed by atoms with van der Waals surface area (Å²) in [5.41, 5.74) is 2.59. The first-order valence-electron chi connectivity index (χ1n) is 7.74. The van der Waals surface area contributed by atoms with Gasteiger partial charge in [0.1, 0.15) is 0 Å². The van der Waals surface area contributed by atoms with E-state index in [1.165, 1.54) is 17.5 Å². The van der Waals surface area contributed by atoms with Gasteiger partial charge in [-0.3, -0.25) is 4.79 Å². The van der Waals surface area contributed by atoms with Crippen LogP contribution < -0.4 is 5.32 Å². The zero-order chi connectivity index (χ0) is 15.1. The van der Waals surface area contributed by atoms with Gasteiger partial charge in [-0.1, -0.05) is 29.8 Å². The lowest BCUT2D eigenvalue weighted by molar-refractivity contribution is -0.130. The largest absolute Gasteiger partial charge is 0.342 e. The molecule has 1 saturated heterocycles. The molecule has 3 nitrogen and oxygen atoms in total. The van der Waals surface area contributed by atoms with Crippen molar-refractivity contribution in [3.8, 4) is 0 Å². The van der Waals surface area contributed by atoms with E-state index in [2.05, 4.69) is 41.4 Å². The van der Waals surface area contributed by atoms with E-state index in [4.69, 9.17) is 0 Å². The minimum atomic E-state index is 0.299. The summed E-state index contributed by atoms with van der Waals surface area (Å²) in [5, 5.41) is 3.22. The lowest BCUT2D eigenvalue weighted by Crippen LogP contribution is -2.43. The third-order valence-corrected chi connectivity index (χ3v) is 4.93. The predicted molar refractivity (Wildman–Crippen MR) is 90.6 cm³/mol. The molecule has 1 aliphatic heterocycles. The Hall–Kier alpha value is -1.00. The molecule has 0 spiro atoms. The van der Waals surface area contributed by atoms with Gasteiger partial charge in [0, 0.05) is 18.8 Å². The van der Waals surface area contributed by atoms with E-state index in [0.29, 0.717) is 17.6 Å². The van der Waals surface area contributed by atoms with E-state index in [-0.39, 0.29) is 0 Å². The Labute approximate surface area is 132 Å². The van der Waals surface area contributed by atoms with Crippen LogP contribution in [0.15, 0.2) is 24.3 Å². The highest BCUT2D eigenvalue weighted by molar-refractivity contribution is 7.99. The van der Waals surface area contributed by atoms with Crippen LogP contribution in [0, 0.1) is 12.8 Å². The molecule has 1 aromatic carbocycles.